The smallest absolute Gasteiger partial charge is 0.177 e. The zero-order chi connectivity index (χ0) is 11.5. The SMILES string of the molecule is N#Cc1nc(-c2cccc(Br)c2)[nH]c1C#N. The van der Waals surface area contributed by atoms with Crippen LogP contribution in [0.2, 0.25) is 0 Å². The number of nitriles is 2. The minimum Gasteiger partial charge on any atom is -0.329 e. The molecule has 1 heterocycles. The maximum atomic E-state index is 8.78. The van der Waals surface area contributed by atoms with Crippen molar-refractivity contribution >= 4 is 15.9 Å². The maximum Gasteiger partial charge on any atom is 0.177 e. The third-order valence-corrected chi connectivity index (χ3v) is 2.51. The lowest BCUT2D eigenvalue weighted by Crippen LogP contribution is -1.80. The van der Waals surface area contributed by atoms with Crippen LogP contribution in [0, 0.1) is 22.7 Å². The first-order valence-electron chi connectivity index (χ1n) is 4.40. The highest BCUT2D eigenvalue weighted by molar-refractivity contribution is 9.10. The number of nitrogens with zero attached hydrogens (tertiary/aromatic N) is 3. The largest absolute Gasteiger partial charge is 0.329 e. The summed E-state index contributed by atoms with van der Waals surface area (Å²) in [5, 5.41) is 17.6. The monoisotopic (exact) mass is 272 g/mol. The van der Waals surface area contributed by atoms with Gasteiger partial charge in [-0.3, -0.25) is 0 Å². The number of hydrogen-bond donors (Lipinski definition) is 1. The number of halogens is 1. The number of H-pyrrole nitrogens is 1. The van der Waals surface area contributed by atoms with Crippen LogP contribution in [-0.2, 0) is 0 Å². The van der Waals surface area contributed by atoms with E-state index in [4.69, 9.17) is 10.5 Å². The molecule has 1 aromatic heterocycles. The molecule has 1 aromatic carbocycles. The van der Waals surface area contributed by atoms with Crippen molar-refractivity contribution in [2.45, 2.75) is 0 Å². The van der Waals surface area contributed by atoms with E-state index in [2.05, 4.69) is 25.9 Å². The van der Waals surface area contributed by atoms with Crippen LogP contribution in [0.5, 0.6) is 0 Å². The Morgan fingerprint density at radius 1 is 1.25 bits per heavy atom. The summed E-state index contributed by atoms with van der Waals surface area (Å²) in [6, 6.07) is 11.2. The molecule has 0 fully saturated rings. The maximum absolute atomic E-state index is 8.78. The Labute approximate surface area is 100 Å². The second-order valence-electron chi connectivity index (χ2n) is 3.04. The molecule has 0 spiro atoms. The van der Waals surface area contributed by atoms with Gasteiger partial charge in [-0.25, -0.2) is 4.98 Å². The molecule has 4 nitrogen and oxygen atoms in total. The highest BCUT2D eigenvalue weighted by Crippen LogP contribution is 2.21. The highest BCUT2D eigenvalue weighted by atomic mass is 79.9. The summed E-state index contributed by atoms with van der Waals surface area (Å²) in [6.07, 6.45) is 0. The molecule has 2 aromatic rings. The van der Waals surface area contributed by atoms with Gasteiger partial charge >= 0.3 is 0 Å². The number of imidazole rings is 1. The average Bonchev–Trinajstić information content (AvgIpc) is 2.72. The number of hydrogen-bond acceptors (Lipinski definition) is 3. The van der Waals surface area contributed by atoms with Gasteiger partial charge in [0.2, 0.25) is 0 Å². The van der Waals surface area contributed by atoms with Crippen LogP contribution in [0.15, 0.2) is 28.7 Å². The normalized spacial score (nSPS) is 9.44. The van der Waals surface area contributed by atoms with Gasteiger partial charge in [-0.05, 0) is 12.1 Å². The number of benzene rings is 1. The van der Waals surface area contributed by atoms with Crippen molar-refractivity contribution in [1.82, 2.24) is 9.97 Å². The Kier molecular flexibility index (Phi) is 2.72. The minimum atomic E-state index is 0.123. The Hall–Kier alpha value is -2.11. The highest BCUT2D eigenvalue weighted by Gasteiger charge is 2.10. The molecule has 5 heteroatoms. The van der Waals surface area contributed by atoms with Gasteiger partial charge in [0.1, 0.15) is 18.0 Å². The van der Waals surface area contributed by atoms with Crippen LogP contribution in [0.1, 0.15) is 11.4 Å². The van der Waals surface area contributed by atoms with E-state index in [9.17, 15) is 0 Å². The Morgan fingerprint density at radius 2 is 2.06 bits per heavy atom. The number of rotatable bonds is 1. The zero-order valence-electron chi connectivity index (χ0n) is 8.03. The van der Waals surface area contributed by atoms with E-state index in [0.29, 0.717) is 5.82 Å². The van der Waals surface area contributed by atoms with E-state index >= 15 is 0 Å². The van der Waals surface area contributed by atoms with Gasteiger partial charge in [-0.2, -0.15) is 10.5 Å². The van der Waals surface area contributed by atoms with Crippen LogP contribution in [0.25, 0.3) is 11.4 Å². The van der Waals surface area contributed by atoms with Crippen molar-refractivity contribution in [3.05, 3.63) is 40.1 Å². The fourth-order valence-electron chi connectivity index (χ4n) is 1.31. The van der Waals surface area contributed by atoms with E-state index in [1.165, 1.54) is 0 Å². The third kappa shape index (κ3) is 1.81. The summed E-state index contributed by atoms with van der Waals surface area (Å²) >= 11 is 3.35. The molecule has 1 N–H and O–H groups in total. The summed E-state index contributed by atoms with van der Waals surface area (Å²) in [6.45, 7) is 0. The van der Waals surface area contributed by atoms with E-state index in [-0.39, 0.29) is 11.4 Å². The van der Waals surface area contributed by atoms with Crippen molar-refractivity contribution in [2.75, 3.05) is 0 Å². The first kappa shape index (κ1) is 10.4. The molecule has 0 saturated heterocycles. The van der Waals surface area contributed by atoms with Gasteiger partial charge in [0.05, 0.1) is 0 Å². The topological polar surface area (TPSA) is 76.3 Å². The molecular weight excluding hydrogens is 268 g/mol. The van der Waals surface area contributed by atoms with Crippen molar-refractivity contribution in [3.63, 3.8) is 0 Å². The quantitative estimate of drug-likeness (QED) is 0.867. The number of nitrogens with one attached hydrogen (secondary N) is 1. The Balaban J connectivity index is 2.55. The molecule has 0 bridgehead atoms. The van der Waals surface area contributed by atoms with Gasteiger partial charge in [0.15, 0.2) is 11.4 Å². The molecule has 0 aliphatic rings. The lowest BCUT2D eigenvalue weighted by molar-refractivity contribution is 1.29. The molecule has 0 atom stereocenters. The Bertz CT molecular complexity index is 584. The molecule has 0 unspecified atom stereocenters. The van der Waals surface area contributed by atoms with E-state index in [1.807, 2.05) is 36.4 Å². The van der Waals surface area contributed by atoms with Crippen LogP contribution in [0.3, 0.4) is 0 Å². The van der Waals surface area contributed by atoms with E-state index < -0.39 is 0 Å². The summed E-state index contributed by atoms with van der Waals surface area (Å²) in [5.74, 6) is 0.523. The first-order chi connectivity index (χ1) is 7.74. The van der Waals surface area contributed by atoms with Gasteiger partial charge in [-0.15, -0.1) is 0 Å². The molecule has 0 aliphatic carbocycles. The van der Waals surface area contributed by atoms with Crippen molar-refractivity contribution in [3.8, 4) is 23.5 Å². The number of aromatic amines is 1. The van der Waals surface area contributed by atoms with Gasteiger partial charge in [0.25, 0.3) is 0 Å². The lowest BCUT2D eigenvalue weighted by atomic mass is 10.2. The Morgan fingerprint density at radius 3 is 2.62 bits per heavy atom. The first-order valence-corrected chi connectivity index (χ1v) is 5.20. The molecule has 76 valence electrons. The van der Waals surface area contributed by atoms with Crippen LogP contribution in [-0.4, -0.2) is 9.97 Å². The molecule has 2 rings (SSSR count). The van der Waals surface area contributed by atoms with Gasteiger partial charge in [0, 0.05) is 10.0 Å². The summed E-state index contributed by atoms with van der Waals surface area (Å²) in [5.41, 5.74) is 1.14. The van der Waals surface area contributed by atoms with Gasteiger partial charge in [-0.1, -0.05) is 28.1 Å². The van der Waals surface area contributed by atoms with Gasteiger partial charge < -0.3 is 4.98 Å². The minimum absolute atomic E-state index is 0.123. The summed E-state index contributed by atoms with van der Waals surface area (Å²) < 4.78 is 0.915. The van der Waals surface area contributed by atoms with E-state index in [0.717, 1.165) is 10.0 Å². The molecule has 0 aliphatic heterocycles. The van der Waals surface area contributed by atoms with Crippen molar-refractivity contribution < 1.29 is 0 Å². The standard InChI is InChI=1S/C11H5BrN4/c12-8-3-1-2-7(4-8)11-15-9(5-13)10(6-14)16-11/h1-4H,(H,15,16). The molecule has 0 saturated carbocycles. The van der Waals surface area contributed by atoms with Crippen LogP contribution < -0.4 is 0 Å². The predicted octanol–water partition coefficient (Wildman–Crippen LogP) is 2.58. The van der Waals surface area contributed by atoms with Crippen LogP contribution in [0.4, 0.5) is 0 Å². The summed E-state index contributed by atoms with van der Waals surface area (Å²) in [4.78, 5) is 6.86. The lowest BCUT2D eigenvalue weighted by Gasteiger charge is -1.96. The second kappa shape index (κ2) is 4.18. The number of aromatic nitrogens is 2. The average molecular weight is 273 g/mol. The molecule has 0 radical (unpaired) electrons. The second-order valence-corrected chi connectivity index (χ2v) is 3.96. The van der Waals surface area contributed by atoms with Crippen molar-refractivity contribution in [1.29, 1.82) is 10.5 Å². The fourth-order valence-corrected chi connectivity index (χ4v) is 1.71. The van der Waals surface area contributed by atoms with Crippen molar-refractivity contribution in [2.24, 2.45) is 0 Å². The molecule has 0 amide bonds. The van der Waals surface area contributed by atoms with E-state index in [1.54, 1.807) is 0 Å². The third-order valence-electron chi connectivity index (χ3n) is 2.02. The summed E-state index contributed by atoms with van der Waals surface area (Å²) in [7, 11) is 0. The molecular formula is C11H5BrN4. The molecule has 16 heavy (non-hydrogen) atoms. The van der Waals surface area contributed by atoms with Crippen LogP contribution >= 0.6 is 15.9 Å². The predicted molar refractivity (Wildman–Crippen MR) is 61.2 cm³/mol. The fraction of sp³-hybridized carbons (Fsp3) is 0. The zero-order valence-corrected chi connectivity index (χ0v) is 9.62.